The summed E-state index contributed by atoms with van der Waals surface area (Å²) in [6.07, 6.45) is -0.530. The molecule has 0 radical (unpaired) electrons. The van der Waals surface area contributed by atoms with Gasteiger partial charge in [0.25, 0.3) is 11.8 Å². The number of methoxy groups -OCH3 is 2. The Labute approximate surface area is 183 Å². The van der Waals surface area contributed by atoms with Gasteiger partial charge in [0.05, 0.1) is 25.6 Å². The van der Waals surface area contributed by atoms with Crippen LogP contribution in [0.25, 0.3) is 11.3 Å². The van der Waals surface area contributed by atoms with Crippen LogP contribution in [0.15, 0.2) is 36.4 Å². The summed E-state index contributed by atoms with van der Waals surface area (Å²) in [5, 5.41) is 6.14. The standard InChI is InChI=1S/C22H21N3O5S/c1-11-20(26)23-15-9-13(5-7-16(15)30-11)19-12(2)31-22(24-19)25-21(27)14-6-8-17(28-3)18(10-14)29-4/h5-11H,1-4H3,(H,23,26)(H,24,25,27)/t11-/m1/s1. The molecule has 2 aromatic carbocycles. The van der Waals surface area contributed by atoms with E-state index in [0.29, 0.717) is 33.6 Å². The largest absolute Gasteiger partial charge is 0.493 e. The highest BCUT2D eigenvalue weighted by molar-refractivity contribution is 7.16. The predicted molar refractivity (Wildman–Crippen MR) is 119 cm³/mol. The molecule has 2 heterocycles. The van der Waals surface area contributed by atoms with Crippen molar-refractivity contribution in [3.8, 4) is 28.5 Å². The highest BCUT2D eigenvalue weighted by Crippen LogP contribution is 2.37. The number of anilines is 2. The minimum absolute atomic E-state index is 0.192. The fourth-order valence-electron chi connectivity index (χ4n) is 3.22. The number of hydrogen-bond acceptors (Lipinski definition) is 7. The van der Waals surface area contributed by atoms with Gasteiger partial charge in [-0.15, -0.1) is 11.3 Å². The number of thiazole rings is 1. The van der Waals surface area contributed by atoms with Crippen LogP contribution in [-0.2, 0) is 4.79 Å². The number of fused-ring (bicyclic) bond motifs is 1. The molecule has 160 valence electrons. The van der Waals surface area contributed by atoms with Crippen molar-refractivity contribution in [1.29, 1.82) is 0 Å². The third-order valence-electron chi connectivity index (χ3n) is 4.85. The fourth-order valence-corrected chi connectivity index (χ4v) is 4.05. The molecule has 1 aliphatic heterocycles. The average molecular weight is 439 g/mol. The van der Waals surface area contributed by atoms with E-state index in [-0.39, 0.29) is 11.8 Å². The lowest BCUT2D eigenvalue weighted by Gasteiger charge is -2.23. The number of carbonyl (C=O) groups excluding carboxylic acids is 2. The van der Waals surface area contributed by atoms with Gasteiger partial charge in [-0.3, -0.25) is 14.9 Å². The molecule has 0 saturated heterocycles. The van der Waals surface area contributed by atoms with Crippen molar-refractivity contribution in [2.45, 2.75) is 20.0 Å². The van der Waals surface area contributed by atoms with Crippen LogP contribution in [-0.4, -0.2) is 37.1 Å². The molecule has 8 nitrogen and oxygen atoms in total. The van der Waals surface area contributed by atoms with Gasteiger partial charge in [0.2, 0.25) is 0 Å². The first-order chi connectivity index (χ1) is 14.9. The summed E-state index contributed by atoms with van der Waals surface area (Å²) in [5.74, 6) is 1.14. The molecule has 0 aliphatic carbocycles. The second-order valence-corrected chi connectivity index (χ2v) is 8.11. The van der Waals surface area contributed by atoms with Gasteiger partial charge in [-0.1, -0.05) is 0 Å². The maximum atomic E-state index is 12.7. The van der Waals surface area contributed by atoms with Crippen LogP contribution in [0.1, 0.15) is 22.2 Å². The van der Waals surface area contributed by atoms with E-state index in [0.717, 1.165) is 16.1 Å². The molecule has 0 unspecified atom stereocenters. The van der Waals surface area contributed by atoms with Gasteiger partial charge in [0.1, 0.15) is 5.75 Å². The van der Waals surface area contributed by atoms with E-state index in [2.05, 4.69) is 15.6 Å². The van der Waals surface area contributed by atoms with E-state index in [1.807, 2.05) is 19.1 Å². The molecule has 1 aliphatic rings. The molecule has 4 rings (SSSR count). The molecule has 1 atom stereocenters. The number of aryl methyl sites for hydroxylation is 1. The topological polar surface area (TPSA) is 98.8 Å². The maximum absolute atomic E-state index is 12.7. The van der Waals surface area contributed by atoms with Crippen LogP contribution in [0, 0.1) is 6.92 Å². The smallest absolute Gasteiger partial charge is 0.265 e. The SMILES string of the molecule is COc1ccc(C(=O)Nc2nc(-c3ccc4c(c3)NC(=O)[C@@H](C)O4)c(C)s2)cc1OC. The van der Waals surface area contributed by atoms with E-state index < -0.39 is 6.10 Å². The van der Waals surface area contributed by atoms with E-state index in [4.69, 9.17) is 14.2 Å². The molecule has 2 amide bonds. The first kappa shape index (κ1) is 20.7. The van der Waals surface area contributed by atoms with Crippen molar-refractivity contribution in [3.63, 3.8) is 0 Å². The Balaban J connectivity index is 1.57. The van der Waals surface area contributed by atoms with Crippen molar-refractivity contribution >= 4 is 34.0 Å². The Morgan fingerprint density at radius 1 is 1.16 bits per heavy atom. The molecular formula is C22H21N3O5S. The highest BCUT2D eigenvalue weighted by Gasteiger charge is 2.24. The molecular weight excluding hydrogens is 418 g/mol. The first-order valence-electron chi connectivity index (χ1n) is 9.52. The quantitative estimate of drug-likeness (QED) is 0.621. The van der Waals surface area contributed by atoms with Crippen LogP contribution in [0.5, 0.6) is 17.2 Å². The molecule has 0 saturated carbocycles. The van der Waals surface area contributed by atoms with Gasteiger partial charge in [-0.05, 0) is 50.2 Å². The van der Waals surface area contributed by atoms with Crippen molar-refractivity contribution in [2.24, 2.45) is 0 Å². The van der Waals surface area contributed by atoms with Crippen LogP contribution >= 0.6 is 11.3 Å². The van der Waals surface area contributed by atoms with Crippen LogP contribution in [0.3, 0.4) is 0 Å². The third kappa shape index (κ3) is 4.04. The number of carbonyl (C=O) groups is 2. The molecule has 3 aromatic rings. The van der Waals surface area contributed by atoms with Crippen molar-refractivity contribution in [3.05, 3.63) is 46.8 Å². The number of nitrogens with zero attached hydrogens (tertiary/aromatic N) is 1. The number of ether oxygens (including phenoxy) is 3. The Morgan fingerprint density at radius 3 is 2.68 bits per heavy atom. The van der Waals surface area contributed by atoms with Gasteiger partial charge in [-0.25, -0.2) is 4.98 Å². The van der Waals surface area contributed by atoms with Crippen molar-refractivity contribution in [2.75, 3.05) is 24.9 Å². The number of nitrogens with one attached hydrogen (secondary N) is 2. The predicted octanol–water partition coefficient (Wildman–Crippen LogP) is 4.11. The molecule has 9 heteroatoms. The van der Waals surface area contributed by atoms with Gasteiger partial charge >= 0.3 is 0 Å². The van der Waals surface area contributed by atoms with E-state index in [9.17, 15) is 9.59 Å². The Bertz CT molecular complexity index is 1170. The minimum atomic E-state index is -0.530. The zero-order valence-corrected chi connectivity index (χ0v) is 18.3. The summed E-state index contributed by atoms with van der Waals surface area (Å²) in [7, 11) is 3.05. The summed E-state index contributed by atoms with van der Waals surface area (Å²) >= 11 is 1.37. The minimum Gasteiger partial charge on any atom is -0.493 e. The molecule has 0 spiro atoms. The monoisotopic (exact) mass is 439 g/mol. The van der Waals surface area contributed by atoms with Crippen LogP contribution < -0.4 is 24.8 Å². The highest BCUT2D eigenvalue weighted by atomic mass is 32.1. The number of amides is 2. The maximum Gasteiger partial charge on any atom is 0.265 e. The molecule has 0 fully saturated rings. The van der Waals surface area contributed by atoms with E-state index in [1.165, 1.54) is 25.6 Å². The lowest BCUT2D eigenvalue weighted by molar-refractivity contribution is -0.122. The van der Waals surface area contributed by atoms with Crippen LogP contribution in [0.4, 0.5) is 10.8 Å². The van der Waals surface area contributed by atoms with Gasteiger partial charge < -0.3 is 19.5 Å². The molecule has 31 heavy (non-hydrogen) atoms. The summed E-state index contributed by atoms with van der Waals surface area (Å²) < 4.78 is 16.1. The second-order valence-electron chi connectivity index (χ2n) is 6.91. The Hall–Kier alpha value is -3.59. The van der Waals surface area contributed by atoms with E-state index >= 15 is 0 Å². The third-order valence-corrected chi connectivity index (χ3v) is 5.73. The zero-order valence-electron chi connectivity index (χ0n) is 17.4. The summed E-state index contributed by atoms with van der Waals surface area (Å²) in [4.78, 5) is 30.1. The first-order valence-corrected chi connectivity index (χ1v) is 10.3. The summed E-state index contributed by atoms with van der Waals surface area (Å²) in [6, 6.07) is 10.5. The van der Waals surface area contributed by atoms with Gasteiger partial charge in [-0.2, -0.15) is 0 Å². The lowest BCUT2D eigenvalue weighted by Crippen LogP contribution is -2.34. The van der Waals surface area contributed by atoms with E-state index in [1.54, 1.807) is 31.2 Å². The Morgan fingerprint density at radius 2 is 1.94 bits per heavy atom. The molecule has 0 bridgehead atoms. The van der Waals surface area contributed by atoms with Crippen molar-refractivity contribution in [1.82, 2.24) is 4.98 Å². The van der Waals surface area contributed by atoms with Gasteiger partial charge in [0, 0.05) is 16.0 Å². The molecule has 1 aromatic heterocycles. The number of rotatable bonds is 5. The average Bonchev–Trinajstić information content (AvgIpc) is 3.13. The van der Waals surface area contributed by atoms with Gasteiger partial charge in [0.15, 0.2) is 22.7 Å². The van der Waals surface area contributed by atoms with Crippen LogP contribution in [0.2, 0.25) is 0 Å². The number of aromatic nitrogens is 1. The lowest BCUT2D eigenvalue weighted by atomic mass is 10.1. The molecule has 2 N–H and O–H groups in total. The zero-order chi connectivity index (χ0) is 22.1. The summed E-state index contributed by atoms with van der Waals surface area (Å²) in [5.41, 5.74) is 2.57. The number of benzene rings is 2. The Kier molecular flexibility index (Phi) is 5.51. The second kappa shape index (κ2) is 8.27. The number of hydrogen-bond donors (Lipinski definition) is 2. The van der Waals surface area contributed by atoms with Crippen molar-refractivity contribution < 1.29 is 23.8 Å². The summed E-state index contributed by atoms with van der Waals surface area (Å²) in [6.45, 7) is 3.62. The fraction of sp³-hybridized carbons (Fsp3) is 0.227. The normalized spacial score (nSPS) is 14.8.